The molecule has 0 aromatic heterocycles. The molecule has 2 aromatic carbocycles. The van der Waals surface area contributed by atoms with Crippen molar-refractivity contribution >= 4 is 50.1 Å². The van der Waals surface area contributed by atoms with Crippen molar-refractivity contribution in [1.82, 2.24) is 5.32 Å². The molecule has 0 radical (unpaired) electrons. The lowest BCUT2D eigenvalue weighted by molar-refractivity contribution is -0.119. The van der Waals surface area contributed by atoms with E-state index in [4.69, 9.17) is 4.74 Å². The van der Waals surface area contributed by atoms with E-state index in [1.165, 1.54) is 11.8 Å². The summed E-state index contributed by atoms with van der Waals surface area (Å²) in [4.78, 5) is 34.8. The maximum atomic E-state index is 13.6. The zero-order chi connectivity index (χ0) is 29.1. The van der Waals surface area contributed by atoms with Crippen LogP contribution >= 0.6 is 11.8 Å². The molecular weight excluding hydrogens is 548 g/mol. The van der Waals surface area contributed by atoms with Crippen molar-refractivity contribution in [3.05, 3.63) is 60.2 Å². The van der Waals surface area contributed by atoms with Crippen LogP contribution in [0.25, 0.3) is 0 Å². The van der Waals surface area contributed by atoms with Crippen LogP contribution in [0.2, 0.25) is 0 Å². The Labute approximate surface area is 241 Å². The van der Waals surface area contributed by atoms with Crippen molar-refractivity contribution in [1.29, 1.82) is 0 Å². The summed E-state index contributed by atoms with van der Waals surface area (Å²) in [6.45, 7) is 11.2. The number of hydrogen-bond donors (Lipinski definition) is 1. The highest BCUT2D eigenvalue weighted by Crippen LogP contribution is 2.41. The Morgan fingerprint density at radius 2 is 1.73 bits per heavy atom. The van der Waals surface area contributed by atoms with E-state index in [9.17, 15) is 18.0 Å². The van der Waals surface area contributed by atoms with Crippen molar-refractivity contribution in [3.63, 3.8) is 0 Å². The van der Waals surface area contributed by atoms with Crippen LogP contribution in [0.5, 0.6) is 0 Å². The van der Waals surface area contributed by atoms with Crippen LogP contribution in [0.15, 0.2) is 59.6 Å². The minimum Gasteiger partial charge on any atom is -0.444 e. The number of hydrogen-bond acceptors (Lipinski definition) is 7. The summed E-state index contributed by atoms with van der Waals surface area (Å²) in [6.07, 6.45) is -0.465. The Balaban J connectivity index is 1.65. The largest absolute Gasteiger partial charge is 0.444 e. The minimum atomic E-state index is -3.20. The molecule has 1 N–H and O–H groups in total. The molecule has 40 heavy (non-hydrogen) atoms. The van der Waals surface area contributed by atoms with Crippen molar-refractivity contribution < 1.29 is 22.7 Å². The van der Waals surface area contributed by atoms with Gasteiger partial charge in [-0.25, -0.2) is 13.2 Å². The number of sulfone groups is 1. The topological polar surface area (TPSA) is 108 Å². The number of carbonyl (C=O) groups is 2. The monoisotopic (exact) mass is 586 g/mol. The van der Waals surface area contributed by atoms with Crippen LogP contribution in [0, 0.1) is 0 Å². The Kier molecular flexibility index (Phi) is 9.14. The third-order valence-corrected chi connectivity index (χ3v) is 10.0. The first-order valence-corrected chi connectivity index (χ1v) is 16.3. The third-order valence-electron chi connectivity index (χ3n) is 6.80. The Morgan fingerprint density at radius 1 is 1.07 bits per heavy atom. The summed E-state index contributed by atoms with van der Waals surface area (Å²) >= 11 is 1.31. The number of thioether (sulfide) groups is 1. The number of anilines is 2. The molecule has 2 fully saturated rings. The number of fused-ring (bicyclic) bond motifs is 1. The molecule has 0 spiro atoms. The van der Waals surface area contributed by atoms with E-state index in [0.29, 0.717) is 5.17 Å². The first-order chi connectivity index (χ1) is 18.9. The smallest absolute Gasteiger partial charge is 0.408 e. The predicted molar refractivity (Wildman–Crippen MR) is 162 cm³/mol. The van der Waals surface area contributed by atoms with Gasteiger partial charge in [0.05, 0.1) is 17.5 Å². The molecule has 2 amide bonds. The third kappa shape index (κ3) is 7.37. The highest BCUT2D eigenvalue weighted by molar-refractivity contribution is 8.16. The molecule has 9 nitrogen and oxygen atoms in total. The number of nitrogens with zero attached hydrogens (tertiary/aromatic N) is 3. The quantitative estimate of drug-likeness (QED) is 0.489. The minimum absolute atomic E-state index is 0.000718. The summed E-state index contributed by atoms with van der Waals surface area (Å²) in [5, 5.41) is 2.91. The standard InChI is InChI=1S/C29H38N4O5S2/c1-6-32(7-2)21-13-15-22(16-14-21)33-24-18-40(36,37)19-25(24)39-27(33)31-26(34)23(17-20-11-9-8-10-12-20)30-28(35)38-29(3,4)5/h8-16,23-25H,6-7,17-19H2,1-5H3,(H,30,35)/t23-,24-,25-/m1/s1. The van der Waals surface area contributed by atoms with Gasteiger partial charge >= 0.3 is 6.09 Å². The lowest BCUT2D eigenvalue weighted by atomic mass is 10.1. The second-order valence-electron chi connectivity index (χ2n) is 11.0. The second-order valence-corrected chi connectivity index (χ2v) is 14.3. The molecule has 11 heteroatoms. The molecule has 2 saturated heterocycles. The van der Waals surface area contributed by atoms with Crippen LogP contribution in [0.4, 0.5) is 16.2 Å². The fraction of sp³-hybridized carbons (Fsp3) is 0.483. The molecule has 0 unspecified atom stereocenters. The summed E-state index contributed by atoms with van der Waals surface area (Å²) in [6, 6.07) is 16.0. The molecule has 0 aliphatic carbocycles. The van der Waals surface area contributed by atoms with Gasteiger partial charge in [-0.1, -0.05) is 42.1 Å². The SMILES string of the molecule is CCN(CC)c1ccc(N2C(=NC(=O)[C@@H](Cc3ccccc3)NC(=O)OC(C)(C)C)S[C@@H]3CS(=O)(=O)C[C@H]32)cc1. The Bertz CT molecular complexity index is 1340. The molecule has 4 rings (SSSR count). The van der Waals surface area contributed by atoms with Gasteiger partial charge in [-0.05, 0) is 64.4 Å². The zero-order valence-corrected chi connectivity index (χ0v) is 25.3. The molecule has 2 aromatic rings. The van der Waals surface area contributed by atoms with Crippen molar-refractivity contribution in [3.8, 4) is 0 Å². The first kappa shape index (κ1) is 29.9. The summed E-state index contributed by atoms with van der Waals surface area (Å²) < 4.78 is 30.4. The fourth-order valence-electron chi connectivity index (χ4n) is 4.95. The van der Waals surface area contributed by atoms with Gasteiger partial charge in [-0.3, -0.25) is 4.79 Å². The molecule has 216 valence electrons. The van der Waals surface area contributed by atoms with Gasteiger partial charge in [0.2, 0.25) is 0 Å². The molecule has 2 heterocycles. The molecule has 2 aliphatic heterocycles. The number of ether oxygens (including phenoxy) is 1. The number of aliphatic imine (C=N–C) groups is 1. The first-order valence-electron chi connectivity index (χ1n) is 13.6. The number of rotatable bonds is 8. The van der Waals surface area contributed by atoms with Gasteiger partial charge in [0.15, 0.2) is 15.0 Å². The van der Waals surface area contributed by atoms with E-state index in [1.54, 1.807) is 20.8 Å². The van der Waals surface area contributed by atoms with E-state index in [1.807, 2.05) is 59.5 Å². The molecular formula is C29H38N4O5S2. The Morgan fingerprint density at radius 3 is 2.33 bits per heavy atom. The normalized spacial score (nSPS) is 21.6. The second kappa shape index (κ2) is 12.2. The number of carbonyl (C=O) groups excluding carboxylic acids is 2. The van der Waals surface area contributed by atoms with Gasteiger partial charge in [0.1, 0.15) is 11.6 Å². The van der Waals surface area contributed by atoms with Crippen LogP contribution in [0.1, 0.15) is 40.2 Å². The van der Waals surface area contributed by atoms with E-state index < -0.39 is 33.5 Å². The highest BCUT2D eigenvalue weighted by Gasteiger charge is 2.49. The number of alkyl carbamates (subject to hydrolysis) is 1. The van der Waals surface area contributed by atoms with Crippen molar-refractivity contribution in [2.75, 3.05) is 34.4 Å². The predicted octanol–water partition coefficient (Wildman–Crippen LogP) is 4.27. The molecule has 3 atom stereocenters. The maximum Gasteiger partial charge on any atom is 0.408 e. The maximum absolute atomic E-state index is 13.6. The van der Waals surface area contributed by atoms with Crippen LogP contribution in [-0.2, 0) is 25.8 Å². The van der Waals surface area contributed by atoms with E-state index in [2.05, 4.69) is 29.1 Å². The molecule has 2 aliphatic rings. The highest BCUT2D eigenvalue weighted by atomic mass is 32.2. The van der Waals surface area contributed by atoms with Crippen LogP contribution < -0.4 is 15.1 Å². The van der Waals surface area contributed by atoms with E-state index >= 15 is 0 Å². The van der Waals surface area contributed by atoms with Gasteiger partial charge in [-0.15, -0.1) is 0 Å². The number of amidine groups is 1. The summed E-state index contributed by atoms with van der Waals surface area (Å²) in [5.41, 5.74) is 1.98. The Hall–Kier alpha value is -3.05. The van der Waals surface area contributed by atoms with E-state index in [0.717, 1.165) is 30.0 Å². The van der Waals surface area contributed by atoms with Gasteiger partial charge in [0, 0.05) is 36.1 Å². The number of nitrogens with one attached hydrogen (secondary N) is 1. The average molecular weight is 587 g/mol. The summed E-state index contributed by atoms with van der Waals surface area (Å²) in [7, 11) is -3.20. The lowest BCUT2D eigenvalue weighted by Crippen LogP contribution is -2.45. The lowest BCUT2D eigenvalue weighted by Gasteiger charge is -2.27. The average Bonchev–Trinajstić information content (AvgIpc) is 3.35. The van der Waals surface area contributed by atoms with Gasteiger partial charge in [0.25, 0.3) is 5.91 Å². The van der Waals surface area contributed by atoms with E-state index in [-0.39, 0.29) is 29.2 Å². The number of benzene rings is 2. The van der Waals surface area contributed by atoms with Crippen molar-refractivity contribution in [2.45, 2.75) is 64.0 Å². The van der Waals surface area contributed by atoms with Crippen molar-refractivity contribution in [2.24, 2.45) is 4.99 Å². The van der Waals surface area contributed by atoms with Crippen LogP contribution in [0.3, 0.4) is 0 Å². The number of amides is 2. The van der Waals surface area contributed by atoms with Crippen LogP contribution in [-0.4, -0.2) is 73.1 Å². The fourth-order valence-corrected chi connectivity index (χ4v) is 8.87. The molecule has 0 saturated carbocycles. The summed E-state index contributed by atoms with van der Waals surface area (Å²) in [5.74, 6) is -0.489. The zero-order valence-electron chi connectivity index (χ0n) is 23.7. The molecule has 0 bridgehead atoms. The van der Waals surface area contributed by atoms with Gasteiger partial charge in [-0.2, -0.15) is 4.99 Å². The van der Waals surface area contributed by atoms with Gasteiger partial charge < -0.3 is 19.9 Å².